The lowest BCUT2D eigenvalue weighted by molar-refractivity contribution is 0.628. The molecule has 0 bridgehead atoms. The van der Waals surface area contributed by atoms with E-state index in [9.17, 15) is 9.18 Å². The van der Waals surface area contributed by atoms with Crippen LogP contribution in [-0.2, 0) is 6.54 Å². The molecule has 0 amide bonds. The monoisotopic (exact) mass is 311 g/mol. The highest BCUT2D eigenvalue weighted by Crippen LogP contribution is 2.25. The molecule has 0 atom stereocenters. The van der Waals surface area contributed by atoms with Crippen LogP contribution in [0, 0.1) is 5.82 Å². The Morgan fingerprint density at radius 2 is 2.22 bits per heavy atom. The van der Waals surface area contributed by atoms with E-state index in [1.807, 2.05) is 0 Å². The first-order chi connectivity index (χ1) is 8.60. The van der Waals surface area contributed by atoms with Gasteiger partial charge in [-0.05, 0) is 25.2 Å². The second-order valence-electron chi connectivity index (χ2n) is 3.74. The Bertz CT molecular complexity index is 627. The van der Waals surface area contributed by atoms with Gasteiger partial charge >= 0.3 is 0 Å². The van der Waals surface area contributed by atoms with E-state index in [2.05, 4.69) is 31.2 Å². The van der Waals surface area contributed by atoms with Gasteiger partial charge in [0.1, 0.15) is 11.6 Å². The normalized spacial score (nSPS) is 10.6. The molecule has 0 fully saturated rings. The lowest BCUT2D eigenvalue weighted by Gasteiger charge is -2.06. The number of aromatic nitrogens is 2. The van der Waals surface area contributed by atoms with Crippen molar-refractivity contribution in [1.29, 1.82) is 0 Å². The van der Waals surface area contributed by atoms with E-state index in [0.717, 1.165) is 0 Å². The number of hydrogen-bond acceptors (Lipinski definition) is 3. The molecule has 1 aromatic carbocycles. The van der Waals surface area contributed by atoms with Crippen molar-refractivity contribution >= 4 is 15.9 Å². The van der Waals surface area contributed by atoms with Crippen molar-refractivity contribution in [1.82, 2.24) is 15.3 Å². The number of rotatable bonds is 3. The summed E-state index contributed by atoms with van der Waals surface area (Å²) in [5.41, 5.74) is 0.860. The largest absolute Gasteiger partial charge is 0.314 e. The van der Waals surface area contributed by atoms with Gasteiger partial charge in [0.05, 0.1) is 5.69 Å². The highest BCUT2D eigenvalue weighted by Gasteiger charge is 2.08. The van der Waals surface area contributed by atoms with E-state index in [1.165, 1.54) is 18.2 Å². The van der Waals surface area contributed by atoms with E-state index >= 15 is 0 Å². The van der Waals surface area contributed by atoms with E-state index in [-0.39, 0.29) is 11.4 Å². The molecule has 6 heteroatoms. The average Bonchev–Trinajstić information content (AvgIpc) is 2.32. The second-order valence-corrected chi connectivity index (χ2v) is 4.59. The van der Waals surface area contributed by atoms with Crippen molar-refractivity contribution in [2.45, 2.75) is 6.54 Å². The van der Waals surface area contributed by atoms with Crippen molar-refractivity contribution in [3.8, 4) is 11.4 Å². The molecule has 0 spiro atoms. The van der Waals surface area contributed by atoms with Gasteiger partial charge in [-0.2, -0.15) is 0 Å². The molecule has 2 N–H and O–H groups in total. The molecule has 1 aromatic heterocycles. The van der Waals surface area contributed by atoms with Crippen LogP contribution in [0.2, 0.25) is 0 Å². The van der Waals surface area contributed by atoms with E-state index in [4.69, 9.17) is 0 Å². The zero-order chi connectivity index (χ0) is 13.1. The molecule has 18 heavy (non-hydrogen) atoms. The van der Waals surface area contributed by atoms with Gasteiger partial charge in [-0.15, -0.1) is 0 Å². The first kappa shape index (κ1) is 12.9. The molecule has 0 unspecified atom stereocenters. The molecule has 4 nitrogen and oxygen atoms in total. The SMILES string of the molecule is CNCc1cc(=O)[nH]c(-c2cc(F)ccc2Br)n1. The van der Waals surface area contributed by atoms with Crippen LogP contribution in [0.3, 0.4) is 0 Å². The molecular weight excluding hydrogens is 301 g/mol. The summed E-state index contributed by atoms with van der Waals surface area (Å²) in [6, 6.07) is 5.65. The van der Waals surface area contributed by atoms with Crippen molar-refractivity contribution < 1.29 is 4.39 Å². The number of hydrogen-bond donors (Lipinski definition) is 2. The van der Waals surface area contributed by atoms with Crippen LogP contribution in [0.4, 0.5) is 4.39 Å². The summed E-state index contributed by atoms with van der Waals surface area (Å²) >= 11 is 3.31. The summed E-state index contributed by atoms with van der Waals surface area (Å²) in [6.45, 7) is 0.476. The van der Waals surface area contributed by atoms with Crippen LogP contribution in [0.15, 0.2) is 33.5 Å². The lowest BCUT2D eigenvalue weighted by atomic mass is 10.2. The zero-order valence-corrected chi connectivity index (χ0v) is 11.2. The molecule has 0 saturated heterocycles. The predicted molar refractivity (Wildman–Crippen MR) is 70.7 cm³/mol. The molecule has 2 aromatic rings. The van der Waals surface area contributed by atoms with Gasteiger partial charge in [0.15, 0.2) is 0 Å². The molecule has 1 heterocycles. The molecule has 0 saturated carbocycles. The van der Waals surface area contributed by atoms with E-state index < -0.39 is 0 Å². The number of nitrogens with zero attached hydrogens (tertiary/aromatic N) is 1. The minimum Gasteiger partial charge on any atom is -0.314 e. The molecule has 0 radical (unpaired) electrons. The molecule has 2 rings (SSSR count). The van der Waals surface area contributed by atoms with Crippen molar-refractivity contribution in [3.63, 3.8) is 0 Å². The van der Waals surface area contributed by atoms with E-state index in [0.29, 0.717) is 28.1 Å². The minimum absolute atomic E-state index is 0.263. The number of aromatic amines is 1. The van der Waals surface area contributed by atoms with Crippen LogP contribution in [0.25, 0.3) is 11.4 Å². The Morgan fingerprint density at radius 3 is 2.94 bits per heavy atom. The zero-order valence-electron chi connectivity index (χ0n) is 9.63. The molecular formula is C12H11BrFN3O. The van der Waals surface area contributed by atoms with Gasteiger partial charge in [0.25, 0.3) is 5.56 Å². The lowest BCUT2D eigenvalue weighted by Crippen LogP contribution is -2.15. The highest BCUT2D eigenvalue weighted by molar-refractivity contribution is 9.10. The Morgan fingerprint density at radius 1 is 1.44 bits per heavy atom. The maximum Gasteiger partial charge on any atom is 0.251 e. The maximum atomic E-state index is 13.2. The van der Waals surface area contributed by atoms with Gasteiger partial charge < -0.3 is 10.3 Å². The van der Waals surface area contributed by atoms with Crippen LogP contribution in [0.1, 0.15) is 5.69 Å². The average molecular weight is 312 g/mol. The van der Waals surface area contributed by atoms with Crippen LogP contribution in [0.5, 0.6) is 0 Å². The van der Waals surface area contributed by atoms with Gasteiger partial charge in [0.2, 0.25) is 0 Å². The third-order valence-corrected chi connectivity index (χ3v) is 3.03. The fraction of sp³-hybridized carbons (Fsp3) is 0.167. The molecule has 94 valence electrons. The van der Waals surface area contributed by atoms with Crippen LogP contribution < -0.4 is 10.9 Å². The summed E-state index contributed by atoms with van der Waals surface area (Å²) in [7, 11) is 1.76. The third kappa shape index (κ3) is 2.83. The molecule has 0 aliphatic heterocycles. The van der Waals surface area contributed by atoms with Crippen molar-refractivity contribution in [2.24, 2.45) is 0 Å². The summed E-state index contributed by atoms with van der Waals surface area (Å²) < 4.78 is 13.9. The predicted octanol–water partition coefficient (Wildman–Crippen LogP) is 2.06. The summed E-state index contributed by atoms with van der Waals surface area (Å²) in [5, 5.41) is 2.91. The Balaban J connectivity index is 2.56. The molecule has 0 aliphatic rings. The number of benzene rings is 1. The van der Waals surface area contributed by atoms with Gasteiger partial charge in [0, 0.05) is 22.6 Å². The fourth-order valence-corrected chi connectivity index (χ4v) is 2.02. The quantitative estimate of drug-likeness (QED) is 0.912. The summed E-state index contributed by atoms with van der Waals surface area (Å²) in [5.74, 6) is -0.0333. The second kappa shape index (κ2) is 5.41. The van der Waals surface area contributed by atoms with Crippen molar-refractivity contribution in [2.75, 3.05) is 7.05 Å². The van der Waals surface area contributed by atoms with Crippen LogP contribution >= 0.6 is 15.9 Å². The number of halogens is 2. The highest BCUT2D eigenvalue weighted by atomic mass is 79.9. The Labute approximate surface area is 111 Å². The smallest absolute Gasteiger partial charge is 0.251 e. The van der Waals surface area contributed by atoms with Crippen molar-refractivity contribution in [3.05, 3.63) is 50.6 Å². The topological polar surface area (TPSA) is 57.8 Å². The first-order valence-corrected chi connectivity index (χ1v) is 6.09. The third-order valence-electron chi connectivity index (χ3n) is 2.34. The number of nitrogens with one attached hydrogen (secondary N) is 2. The summed E-state index contributed by atoms with van der Waals surface area (Å²) in [4.78, 5) is 18.4. The van der Waals surface area contributed by atoms with Gasteiger partial charge in [-0.3, -0.25) is 4.79 Å². The maximum absolute atomic E-state index is 13.2. The number of H-pyrrole nitrogens is 1. The van der Waals surface area contributed by atoms with E-state index in [1.54, 1.807) is 13.1 Å². The Hall–Kier alpha value is -1.53. The minimum atomic E-state index is -0.380. The van der Waals surface area contributed by atoms with Gasteiger partial charge in [-0.25, -0.2) is 9.37 Å². The summed E-state index contributed by atoms with van der Waals surface area (Å²) in [6.07, 6.45) is 0. The standard InChI is InChI=1S/C12H11BrFN3O/c1-15-6-8-5-11(18)17-12(16-8)9-4-7(14)2-3-10(9)13/h2-5,15H,6H2,1H3,(H,16,17,18). The molecule has 0 aliphatic carbocycles. The first-order valence-electron chi connectivity index (χ1n) is 5.30. The van der Waals surface area contributed by atoms with Crippen LogP contribution in [-0.4, -0.2) is 17.0 Å². The fourth-order valence-electron chi connectivity index (χ4n) is 1.59. The Kier molecular flexibility index (Phi) is 3.88. The van der Waals surface area contributed by atoms with Gasteiger partial charge in [-0.1, -0.05) is 15.9 Å².